The van der Waals surface area contributed by atoms with Crippen molar-refractivity contribution < 1.29 is 19.4 Å². The summed E-state index contributed by atoms with van der Waals surface area (Å²) in [6, 6.07) is 21.9. The number of carbonyl (C=O) groups excluding carboxylic acids is 2. The van der Waals surface area contributed by atoms with Gasteiger partial charge in [0.05, 0.1) is 7.11 Å². The van der Waals surface area contributed by atoms with Crippen LogP contribution in [0, 0.1) is 0 Å². The minimum Gasteiger partial charge on any atom is -0.504 e. The van der Waals surface area contributed by atoms with E-state index >= 15 is 0 Å². The molecule has 3 aromatic carbocycles. The minimum absolute atomic E-state index is 0.0850. The summed E-state index contributed by atoms with van der Waals surface area (Å²) in [5.41, 5.74) is 1.79. The molecule has 3 N–H and O–H groups in total. The summed E-state index contributed by atoms with van der Waals surface area (Å²) in [7, 11) is 1.45. The lowest BCUT2D eigenvalue weighted by Crippen LogP contribution is -2.45. The minimum atomic E-state index is -0.797. The van der Waals surface area contributed by atoms with E-state index in [1.807, 2.05) is 36.4 Å². The molecule has 148 valence electrons. The van der Waals surface area contributed by atoms with Crippen LogP contribution in [0.3, 0.4) is 0 Å². The Labute approximate surface area is 169 Å². The molecule has 0 saturated heterocycles. The van der Waals surface area contributed by atoms with Gasteiger partial charge >= 0.3 is 0 Å². The van der Waals surface area contributed by atoms with Gasteiger partial charge in [-0.1, -0.05) is 48.5 Å². The first-order valence-corrected chi connectivity index (χ1v) is 9.14. The zero-order valence-corrected chi connectivity index (χ0v) is 16.0. The van der Waals surface area contributed by atoms with Crippen LogP contribution in [0.1, 0.15) is 15.9 Å². The first-order valence-electron chi connectivity index (χ1n) is 9.14. The third kappa shape index (κ3) is 5.35. The van der Waals surface area contributed by atoms with Crippen LogP contribution in [0.2, 0.25) is 0 Å². The molecule has 0 saturated carbocycles. The molecule has 6 nitrogen and oxygen atoms in total. The Kier molecular flexibility index (Phi) is 6.47. The Hall–Kier alpha value is -3.80. The molecule has 2 amide bonds. The lowest BCUT2D eigenvalue weighted by molar-refractivity contribution is -0.118. The molecule has 0 unspecified atom stereocenters. The Balaban J connectivity index is 1.78. The van der Waals surface area contributed by atoms with Gasteiger partial charge in [0.1, 0.15) is 6.04 Å². The summed E-state index contributed by atoms with van der Waals surface area (Å²) >= 11 is 0. The Morgan fingerprint density at radius 1 is 0.966 bits per heavy atom. The Morgan fingerprint density at radius 2 is 1.62 bits per heavy atom. The molecule has 3 aromatic rings. The number of aromatic hydroxyl groups is 1. The summed E-state index contributed by atoms with van der Waals surface area (Å²) in [6.45, 7) is 0. The Bertz CT molecular complexity index is 975. The highest BCUT2D eigenvalue weighted by atomic mass is 16.5. The third-order valence-corrected chi connectivity index (χ3v) is 4.39. The topological polar surface area (TPSA) is 87.7 Å². The van der Waals surface area contributed by atoms with Gasteiger partial charge in [-0.15, -0.1) is 0 Å². The molecule has 0 heterocycles. The standard InChI is InChI=1S/C23H22N2O4/c1-29-21-13-12-18(15-20(21)26)24-23(28)19(14-16-8-4-2-5-9-16)25-22(27)17-10-6-3-7-11-17/h2-13,15,19,26H,14H2,1H3,(H,24,28)(H,25,27)/t19-/m1/s1. The predicted octanol–water partition coefficient (Wildman–Crippen LogP) is 3.38. The van der Waals surface area contributed by atoms with E-state index in [2.05, 4.69) is 10.6 Å². The van der Waals surface area contributed by atoms with E-state index in [4.69, 9.17) is 4.74 Å². The van der Waals surface area contributed by atoms with Crippen molar-refractivity contribution >= 4 is 17.5 Å². The quantitative estimate of drug-likeness (QED) is 0.577. The highest BCUT2D eigenvalue weighted by molar-refractivity contribution is 6.01. The summed E-state index contributed by atoms with van der Waals surface area (Å²) in [5, 5.41) is 15.5. The van der Waals surface area contributed by atoms with Crippen LogP contribution in [-0.4, -0.2) is 30.1 Å². The van der Waals surface area contributed by atoms with Gasteiger partial charge in [0.2, 0.25) is 5.91 Å². The summed E-state index contributed by atoms with van der Waals surface area (Å²) in [4.78, 5) is 25.5. The summed E-state index contributed by atoms with van der Waals surface area (Å²) in [6.07, 6.45) is 0.327. The molecule has 3 rings (SSSR count). The number of amides is 2. The number of methoxy groups -OCH3 is 1. The van der Waals surface area contributed by atoms with E-state index in [0.717, 1.165) is 5.56 Å². The van der Waals surface area contributed by atoms with Gasteiger partial charge in [0, 0.05) is 23.7 Å². The molecule has 1 atom stereocenters. The number of carbonyl (C=O) groups is 2. The molecular formula is C23H22N2O4. The largest absolute Gasteiger partial charge is 0.504 e. The monoisotopic (exact) mass is 390 g/mol. The van der Waals surface area contributed by atoms with Crippen molar-refractivity contribution in [2.24, 2.45) is 0 Å². The van der Waals surface area contributed by atoms with Gasteiger partial charge in [-0.3, -0.25) is 9.59 Å². The van der Waals surface area contributed by atoms with Crippen LogP contribution in [-0.2, 0) is 11.2 Å². The Morgan fingerprint density at radius 3 is 2.24 bits per heavy atom. The summed E-state index contributed by atoms with van der Waals surface area (Å²) < 4.78 is 5.01. The number of hydrogen-bond donors (Lipinski definition) is 3. The van der Waals surface area contributed by atoms with Crippen LogP contribution in [0.25, 0.3) is 0 Å². The maximum atomic E-state index is 12.9. The molecule has 0 fully saturated rings. The number of phenolic OH excluding ortho intramolecular Hbond substituents is 1. The van der Waals surface area contributed by atoms with Crippen LogP contribution in [0.4, 0.5) is 5.69 Å². The first-order chi connectivity index (χ1) is 14.1. The van der Waals surface area contributed by atoms with Crippen LogP contribution < -0.4 is 15.4 Å². The molecule has 0 aliphatic rings. The van der Waals surface area contributed by atoms with Crippen molar-refractivity contribution in [3.8, 4) is 11.5 Å². The molecule has 0 bridgehead atoms. The normalized spacial score (nSPS) is 11.3. The zero-order valence-electron chi connectivity index (χ0n) is 16.0. The van der Waals surface area contributed by atoms with Gasteiger partial charge in [-0.2, -0.15) is 0 Å². The van der Waals surface area contributed by atoms with Gasteiger partial charge in [-0.25, -0.2) is 0 Å². The van der Waals surface area contributed by atoms with E-state index in [9.17, 15) is 14.7 Å². The highest BCUT2D eigenvalue weighted by Crippen LogP contribution is 2.28. The zero-order chi connectivity index (χ0) is 20.6. The van der Waals surface area contributed by atoms with Crippen LogP contribution in [0.5, 0.6) is 11.5 Å². The molecule has 0 aliphatic heterocycles. The van der Waals surface area contributed by atoms with Gasteiger partial charge in [0.15, 0.2) is 11.5 Å². The van der Waals surface area contributed by atoms with Crippen molar-refractivity contribution in [2.75, 3.05) is 12.4 Å². The average Bonchev–Trinajstić information content (AvgIpc) is 2.74. The number of hydrogen-bond acceptors (Lipinski definition) is 4. The van der Waals surface area contributed by atoms with E-state index in [1.54, 1.807) is 36.4 Å². The van der Waals surface area contributed by atoms with Crippen LogP contribution >= 0.6 is 0 Å². The third-order valence-electron chi connectivity index (χ3n) is 4.39. The van der Waals surface area contributed by atoms with E-state index < -0.39 is 6.04 Å². The molecule has 0 spiro atoms. The van der Waals surface area contributed by atoms with Gasteiger partial charge in [-0.05, 0) is 29.8 Å². The van der Waals surface area contributed by atoms with Crippen molar-refractivity contribution in [1.29, 1.82) is 0 Å². The summed E-state index contributed by atoms with van der Waals surface area (Å²) in [5.74, 6) is -0.499. The molecule has 0 aliphatic carbocycles. The SMILES string of the molecule is COc1ccc(NC(=O)[C@@H](Cc2ccccc2)NC(=O)c2ccccc2)cc1O. The molecule has 6 heteroatoms. The smallest absolute Gasteiger partial charge is 0.251 e. The molecule has 0 aromatic heterocycles. The second-order valence-electron chi connectivity index (χ2n) is 6.46. The fraction of sp³-hybridized carbons (Fsp3) is 0.130. The van der Waals surface area contributed by atoms with E-state index in [1.165, 1.54) is 13.2 Å². The number of nitrogens with one attached hydrogen (secondary N) is 2. The fourth-order valence-electron chi connectivity index (χ4n) is 2.89. The van der Waals surface area contributed by atoms with Gasteiger partial charge in [0.25, 0.3) is 5.91 Å². The lowest BCUT2D eigenvalue weighted by Gasteiger charge is -2.19. The fourth-order valence-corrected chi connectivity index (χ4v) is 2.89. The van der Waals surface area contributed by atoms with Crippen molar-refractivity contribution in [3.05, 3.63) is 90.0 Å². The first kappa shape index (κ1) is 19.9. The number of benzene rings is 3. The van der Waals surface area contributed by atoms with E-state index in [-0.39, 0.29) is 17.6 Å². The number of phenols is 1. The van der Waals surface area contributed by atoms with Crippen molar-refractivity contribution in [2.45, 2.75) is 12.5 Å². The number of anilines is 1. The van der Waals surface area contributed by atoms with Crippen LogP contribution in [0.15, 0.2) is 78.9 Å². The van der Waals surface area contributed by atoms with Gasteiger partial charge < -0.3 is 20.5 Å². The number of rotatable bonds is 7. The highest BCUT2D eigenvalue weighted by Gasteiger charge is 2.22. The van der Waals surface area contributed by atoms with Crippen molar-refractivity contribution in [3.63, 3.8) is 0 Å². The molecular weight excluding hydrogens is 368 g/mol. The molecule has 0 radical (unpaired) electrons. The lowest BCUT2D eigenvalue weighted by atomic mass is 10.0. The second-order valence-corrected chi connectivity index (χ2v) is 6.46. The van der Waals surface area contributed by atoms with Crippen molar-refractivity contribution in [1.82, 2.24) is 5.32 Å². The average molecular weight is 390 g/mol. The number of ether oxygens (including phenoxy) is 1. The maximum absolute atomic E-state index is 12.9. The maximum Gasteiger partial charge on any atom is 0.251 e. The second kappa shape index (κ2) is 9.41. The molecule has 29 heavy (non-hydrogen) atoms. The van der Waals surface area contributed by atoms with E-state index in [0.29, 0.717) is 23.4 Å². The predicted molar refractivity (Wildman–Crippen MR) is 111 cm³/mol.